The molecule has 1 atom stereocenters. The van der Waals surface area contributed by atoms with Crippen LogP contribution in [0.15, 0.2) is 53.6 Å². The van der Waals surface area contributed by atoms with Gasteiger partial charge < -0.3 is 4.74 Å². The van der Waals surface area contributed by atoms with Crippen molar-refractivity contribution < 1.29 is 9.53 Å². The summed E-state index contributed by atoms with van der Waals surface area (Å²) in [5, 5.41) is 0. The molecule has 0 saturated heterocycles. The van der Waals surface area contributed by atoms with Crippen LogP contribution in [0.25, 0.3) is 0 Å². The van der Waals surface area contributed by atoms with Gasteiger partial charge in [-0.3, -0.25) is 0 Å². The molecule has 1 aromatic carbocycles. The molecule has 0 radical (unpaired) electrons. The standard InChI is InChI=1S/C14H12O2/c15-14-13-11(9-16-14)7-4-8-12(13)10-5-2-1-3-6-10/h1-6,8,12H,7,9H2. The molecule has 0 bridgehead atoms. The lowest BCUT2D eigenvalue weighted by molar-refractivity contribution is -0.136. The van der Waals surface area contributed by atoms with Crippen LogP contribution >= 0.6 is 0 Å². The maximum absolute atomic E-state index is 11.7. The number of benzene rings is 1. The van der Waals surface area contributed by atoms with E-state index >= 15 is 0 Å². The van der Waals surface area contributed by atoms with Crippen molar-refractivity contribution >= 4 is 5.97 Å². The Morgan fingerprint density at radius 3 is 2.81 bits per heavy atom. The Balaban J connectivity index is 2.04. The Morgan fingerprint density at radius 2 is 2.00 bits per heavy atom. The van der Waals surface area contributed by atoms with Gasteiger partial charge in [0, 0.05) is 5.92 Å². The highest BCUT2D eigenvalue weighted by Crippen LogP contribution is 2.36. The smallest absolute Gasteiger partial charge is 0.335 e. The predicted molar refractivity (Wildman–Crippen MR) is 60.9 cm³/mol. The molecule has 0 fully saturated rings. The number of ether oxygens (including phenoxy) is 1. The van der Waals surface area contributed by atoms with E-state index < -0.39 is 0 Å². The normalized spacial score (nSPS) is 23.2. The number of rotatable bonds is 1. The van der Waals surface area contributed by atoms with Gasteiger partial charge in [-0.25, -0.2) is 4.79 Å². The van der Waals surface area contributed by atoms with Crippen molar-refractivity contribution in [1.82, 2.24) is 0 Å². The van der Waals surface area contributed by atoms with E-state index in [-0.39, 0.29) is 11.9 Å². The van der Waals surface area contributed by atoms with Crippen molar-refractivity contribution in [2.45, 2.75) is 12.3 Å². The first kappa shape index (κ1) is 9.40. The average Bonchev–Trinajstić information content (AvgIpc) is 2.73. The lowest BCUT2D eigenvalue weighted by Gasteiger charge is -2.17. The molecule has 0 saturated carbocycles. The summed E-state index contributed by atoms with van der Waals surface area (Å²) in [4.78, 5) is 11.7. The Labute approximate surface area is 94.2 Å². The third-order valence-electron chi connectivity index (χ3n) is 3.14. The molecule has 0 spiro atoms. The van der Waals surface area contributed by atoms with Crippen molar-refractivity contribution in [3.8, 4) is 0 Å². The van der Waals surface area contributed by atoms with Gasteiger partial charge in [0.05, 0.1) is 5.57 Å². The highest BCUT2D eigenvalue weighted by atomic mass is 16.5. The number of hydrogen-bond acceptors (Lipinski definition) is 2. The molecular weight excluding hydrogens is 200 g/mol. The minimum atomic E-state index is -0.145. The second-order valence-electron chi connectivity index (χ2n) is 4.11. The summed E-state index contributed by atoms with van der Waals surface area (Å²) in [6.07, 6.45) is 5.07. The molecule has 1 heterocycles. The average molecular weight is 212 g/mol. The van der Waals surface area contributed by atoms with Crippen LogP contribution in [0.5, 0.6) is 0 Å². The number of allylic oxidation sites excluding steroid dienone is 2. The summed E-state index contributed by atoms with van der Waals surface area (Å²) in [5.74, 6) is -0.0619. The molecule has 1 aliphatic carbocycles. The second kappa shape index (κ2) is 3.63. The van der Waals surface area contributed by atoms with Crippen molar-refractivity contribution in [1.29, 1.82) is 0 Å². The van der Waals surface area contributed by atoms with Crippen molar-refractivity contribution in [2.24, 2.45) is 0 Å². The molecule has 1 unspecified atom stereocenters. The van der Waals surface area contributed by atoms with E-state index in [1.165, 1.54) is 0 Å². The lowest BCUT2D eigenvalue weighted by Crippen LogP contribution is -2.10. The van der Waals surface area contributed by atoms with Crippen LogP contribution in [-0.4, -0.2) is 12.6 Å². The van der Waals surface area contributed by atoms with Crippen LogP contribution in [0.4, 0.5) is 0 Å². The molecule has 16 heavy (non-hydrogen) atoms. The Bertz CT molecular complexity index is 483. The van der Waals surface area contributed by atoms with Crippen LogP contribution < -0.4 is 0 Å². The zero-order valence-electron chi connectivity index (χ0n) is 8.85. The van der Waals surface area contributed by atoms with E-state index in [1.54, 1.807) is 0 Å². The molecule has 1 aromatic rings. The SMILES string of the molecule is O=C1OCC2=C1C(c1ccccc1)C=CC2. The number of cyclic esters (lactones) is 1. The Morgan fingerprint density at radius 1 is 1.19 bits per heavy atom. The summed E-state index contributed by atoms with van der Waals surface area (Å²) < 4.78 is 5.10. The Hall–Kier alpha value is -1.83. The van der Waals surface area contributed by atoms with Gasteiger partial charge in [-0.1, -0.05) is 42.5 Å². The summed E-state index contributed by atoms with van der Waals surface area (Å²) in [6, 6.07) is 10.1. The molecule has 0 amide bonds. The van der Waals surface area contributed by atoms with Crippen LogP contribution in [0.2, 0.25) is 0 Å². The van der Waals surface area contributed by atoms with Gasteiger partial charge in [0.15, 0.2) is 0 Å². The minimum Gasteiger partial charge on any atom is -0.458 e. The third-order valence-corrected chi connectivity index (χ3v) is 3.14. The highest BCUT2D eigenvalue weighted by Gasteiger charge is 2.32. The molecule has 1 aliphatic heterocycles. The van der Waals surface area contributed by atoms with Crippen molar-refractivity contribution in [2.75, 3.05) is 6.61 Å². The number of carbonyl (C=O) groups excluding carboxylic acids is 1. The summed E-state index contributed by atoms with van der Waals surface area (Å²) in [5.41, 5.74) is 3.15. The molecule has 2 heteroatoms. The Kier molecular flexibility index (Phi) is 2.13. The topological polar surface area (TPSA) is 26.3 Å². The maximum atomic E-state index is 11.7. The van der Waals surface area contributed by atoms with E-state index in [2.05, 4.69) is 24.3 Å². The predicted octanol–water partition coefficient (Wildman–Crippen LogP) is 2.58. The van der Waals surface area contributed by atoms with Gasteiger partial charge in [-0.2, -0.15) is 0 Å². The zero-order valence-corrected chi connectivity index (χ0v) is 8.85. The monoisotopic (exact) mass is 212 g/mol. The molecule has 2 nitrogen and oxygen atoms in total. The summed E-state index contributed by atoms with van der Waals surface area (Å²) >= 11 is 0. The first-order valence-corrected chi connectivity index (χ1v) is 5.47. The van der Waals surface area contributed by atoms with Gasteiger partial charge in [0.2, 0.25) is 0 Å². The fourth-order valence-corrected chi connectivity index (χ4v) is 2.35. The highest BCUT2D eigenvalue weighted by molar-refractivity contribution is 5.94. The number of carbonyl (C=O) groups is 1. The molecular formula is C14H12O2. The first-order valence-electron chi connectivity index (χ1n) is 5.47. The van der Waals surface area contributed by atoms with Crippen LogP contribution in [0.1, 0.15) is 17.9 Å². The third kappa shape index (κ3) is 1.38. The van der Waals surface area contributed by atoms with E-state index in [0.29, 0.717) is 6.61 Å². The lowest BCUT2D eigenvalue weighted by atomic mass is 9.84. The summed E-state index contributed by atoms with van der Waals surface area (Å²) in [6.45, 7) is 0.474. The van der Waals surface area contributed by atoms with Crippen LogP contribution in [0.3, 0.4) is 0 Å². The first-order chi connectivity index (χ1) is 7.86. The van der Waals surface area contributed by atoms with E-state index in [0.717, 1.165) is 23.1 Å². The molecule has 80 valence electrons. The van der Waals surface area contributed by atoms with Crippen LogP contribution in [0, 0.1) is 0 Å². The fourth-order valence-electron chi connectivity index (χ4n) is 2.35. The van der Waals surface area contributed by atoms with Gasteiger partial charge in [-0.15, -0.1) is 0 Å². The number of esters is 1. The van der Waals surface area contributed by atoms with Crippen molar-refractivity contribution in [3.63, 3.8) is 0 Å². The quantitative estimate of drug-likeness (QED) is 0.528. The molecule has 2 aliphatic rings. The molecule has 3 rings (SSSR count). The van der Waals surface area contributed by atoms with Crippen LogP contribution in [-0.2, 0) is 9.53 Å². The van der Waals surface area contributed by atoms with Gasteiger partial charge in [-0.05, 0) is 17.6 Å². The van der Waals surface area contributed by atoms with Gasteiger partial charge in [0.1, 0.15) is 6.61 Å². The van der Waals surface area contributed by atoms with Gasteiger partial charge >= 0.3 is 5.97 Å². The zero-order chi connectivity index (χ0) is 11.0. The number of hydrogen-bond donors (Lipinski definition) is 0. The largest absolute Gasteiger partial charge is 0.458 e. The fraction of sp³-hybridized carbons (Fsp3) is 0.214. The van der Waals surface area contributed by atoms with Gasteiger partial charge in [0.25, 0.3) is 0 Å². The van der Waals surface area contributed by atoms with E-state index in [1.807, 2.05) is 18.2 Å². The molecule has 0 aromatic heterocycles. The second-order valence-corrected chi connectivity index (χ2v) is 4.11. The molecule has 0 N–H and O–H groups in total. The summed E-state index contributed by atoms with van der Waals surface area (Å²) in [7, 11) is 0. The van der Waals surface area contributed by atoms with Crippen molar-refractivity contribution in [3.05, 3.63) is 59.2 Å². The van der Waals surface area contributed by atoms with E-state index in [9.17, 15) is 4.79 Å². The van der Waals surface area contributed by atoms with E-state index in [4.69, 9.17) is 4.74 Å². The minimum absolute atomic E-state index is 0.0833. The maximum Gasteiger partial charge on any atom is 0.335 e.